The zero-order valence-electron chi connectivity index (χ0n) is 41.5. The van der Waals surface area contributed by atoms with E-state index < -0.39 is 6.10 Å². The number of esters is 3. The predicted octanol–water partition coefficient (Wildman–Crippen LogP) is 17.4. The molecule has 0 heterocycles. The summed E-state index contributed by atoms with van der Waals surface area (Å²) in [6.07, 6.45) is 68.2. The Kier molecular flexibility index (Phi) is 49.0. The number of carbonyl (C=O) groups is 3. The number of ether oxygens (including phenoxy) is 3. The Morgan fingerprint density at radius 3 is 0.969 bits per heavy atom. The average molecular weight is 889 g/mol. The molecular weight excluding hydrogens is 793 g/mol. The van der Waals surface area contributed by atoms with E-state index in [9.17, 15) is 14.4 Å². The quantitative estimate of drug-likeness (QED) is 0.0262. The molecule has 64 heavy (non-hydrogen) atoms. The van der Waals surface area contributed by atoms with Crippen LogP contribution in [-0.2, 0) is 28.6 Å². The molecule has 364 valence electrons. The average Bonchev–Trinajstić information content (AvgIpc) is 3.29. The number of unbranched alkanes of at least 4 members (excludes halogenated alkanes) is 19. The summed E-state index contributed by atoms with van der Waals surface area (Å²) in [5.41, 5.74) is 0. The zero-order chi connectivity index (χ0) is 46.5. The van der Waals surface area contributed by atoms with Crippen LogP contribution in [0.3, 0.4) is 0 Å². The fraction of sp³-hybridized carbons (Fsp3) is 0.672. The van der Waals surface area contributed by atoms with Crippen LogP contribution in [0, 0.1) is 0 Å². The predicted molar refractivity (Wildman–Crippen MR) is 274 cm³/mol. The van der Waals surface area contributed by atoms with Crippen molar-refractivity contribution in [3.05, 3.63) is 97.2 Å². The highest BCUT2D eigenvalue weighted by Gasteiger charge is 2.19. The molecule has 0 saturated carbocycles. The first-order valence-corrected chi connectivity index (χ1v) is 26.2. The highest BCUT2D eigenvalue weighted by Crippen LogP contribution is 2.13. The summed E-state index contributed by atoms with van der Waals surface area (Å²) in [5, 5.41) is 0. The first-order chi connectivity index (χ1) is 31.5. The summed E-state index contributed by atoms with van der Waals surface area (Å²) in [4.78, 5) is 38.0. The third-order valence-corrected chi connectivity index (χ3v) is 10.8. The van der Waals surface area contributed by atoms with E-state index >= 15 is 0 Å². The lowest BCUT2D eigenvalue weighted by molar-refractivity contribution is -0.167. The third-order valence-electron chi connectivity index (χ3n) is 10.8. The molecule has 0 spiro atoms. The van der Waals surface area contributed by atoms with Crippen LogP contribution in [0.2, 0.25) is 0 Å². The van der Waals surface area contributed by atoms with E-state index in [1.54, 1.807) is 0 Å². The van der Waals surface area contributed by atoms with Gasteiger partial charge in [-0.25, -0.2) is 0 Å². The molecule has 0 aliphatic heterocycles. The summed E-state index contributed by atoms with van der Waals surface area (Å²) in [5.74, 6) is -0.955. The van der Waals surface area contributed by atoms with Gasteiger partial charge in [0.1, 0.15) is 13.2 Å². The van der Waals surface area contributed by atoms with E-state index in [0.717, 1.165) is 135 Å². The normalized spacial score (nSPS) is 12.9. The number of hydrogen-bond acceptors (Lipinski definition) is 6. The van der Waals surface area contributed by atoms with Gasteiger partial charge in [-0.1, -0.05) is 195 Å². The largest absolute Gasteiger partial charge is 0.462 e. The number of carbonyl (C=O) groups excluding carboxylic acids is 3. The van der Waals surface area contributed by atoms with E-state index in [4.69, 9.17) is 14.2 Å². The van der Waals surface area contributed by atoms with Crippen LogP contribution in [0.1, 0.15) is 233 Å². The molecule has 0 aromatic heterocycles. The van der Waals surface area contributed by atoms with E-state index in [0.29, 0.717) is 19.3 Å². The molecular formula is C58H96O6. The molecule has 0 amide bonds. The minimum absolute atomic E-state index is 0.0991. The molecule has 0 aliphatic rings. The number of hydrogen-bond donors (Lipinski definition) is 0. The van der Waals surface area contributed by atoms with Crippen LogP contribution in [0.15, 0.2) is 97.2 Å². The van der Waals surface area contributed by atoms with E-state index in [1.807, 2.05) is 0 Å². The van der Waals surface area contributed by atoms with Crippen LogP contribution in [-0.4, -0.2) is 37.2 Å². The lowest BCUT2D eigenvalue weighted by Gasteiger charge is -2.18. The van der Waals surface area contributed by atoms with Crippen molar-refractivity contribution < 1.29 is 28.6 Å². The topological polar surface area (TPSA) is 78.9 Å². The van der Waals surface area contributed by atoms with Crippen LogP contribution >= 0.6 is 0 Å². The molecule has 0 N–H and O–H groups in total. The molecule has 6 nitrogen and oxygen atoms in total. The van der Waals surface area contributed by atoms with Crippen molar-refractivity contribution in [1.82, 2.24) is 0 Å². The summed E-state index contributed by atoms with van der Waals surface area (Å²) >= 11 is 0. The number of allylic oxidation sites excluding steroid dienone is 16. The summed E-state index contributed by atoms with van der Waals surface area (Å²) in [7, 11) is 0. The van der Waals surface area contributed by atoms with E-state index in [2.05, 4.69) is 118 Å². The van der Waals surface area contributed by atoms with Crippen molar-refractivity contribution >= 4 is 17.9 Å². The molecule has 0 aliphatic carbocycles. The molecule has 0 saturated heterocycles. The van der Waals surface area contributed by atoms with Gasteiger partial charge in [-0.05, 0) is 116 Å². The second-order valence-electron chi connectivity index (χ2n) is 17.0. The van der Waals surface area contributed by atoms with Crippen LogP contribution < -0.4 is 0 Å². The number of rotatable bonds is 46. The van der Waals surface area contributed by atoms with Gasteiger partial charge >= 0.3 is 17.9 Å². The Bertz CT molecular complexity index is 1300. The van der Waals surface area contributed by atoms with Crippen molar-refractivity contribution in [3.63, 3.8) is 0 Å². The van der Waals surface area contributed by atoms with Crippen molar-refractivity contribution in [2.75, 3.05) is 13.2 Å². The Morgan fingerprint density at radius 2 is 0.609 bits per heavy atom. The van der Waals surface area contributed by atoms with Gasteiger partial charge in [0.05, 0.1) is 0 Å². The second-order valence-corrected chi connectivity index (χ2v) is 17.0. The second kappa shape index (κ2) is 52.0. The van der Waals surface area contributed by atoms with Crippen LogP contribution in [0.25, 0.3) is 0 Å². The van der Waals surface area contributed by atoms with Gasteiger partial charge in [-0.15, -0.1) is 0 Å². The molecule has 0 fully saturated rings. The monoisotopic (exact) mass is 889 g/mol. The van der Waals surface area contributed by atoms with E-state index in [-0.39, 0.29) is 31.1 Å². The maximum absolute atomic E-state index is 12.8. The van der Waals surface area contributed by atoms with Crippen molar-refractivity contribution in [2.24, 2.45) is 0 Å². The lowest BCUT2D eigenvalue weighted by Crippen LogP contribution is -2.30. The van der Waals surface area contributed by atoms with Gasteiger partial charge in [0, 0.05) is 19.3 Å². The first kappa shape index (κ1) is 60.3. The molecule has 0 rings (SSSR count). The smallest absolute Gasteiger partial charge is 0.306 e. The fourth-order valence-corrected chi connectivity index (χ4v) is 6.91. The summed E-state index contributed by atoms with van der Waals surface area (Å²) in [6.45, 7) is 6.34. The molecule has 0 aromatic carbocycles. The summed E-state index contributed by atoms with van der Waals surface area (Å²) in [6, 6.07) is 0. The SMILES string of the molecule is CC/C=C\C/C=C\C/C=C\CCCCCCCCCC(=O)OCC(COC(=O)CCCCC/C=C\C/C=C\C/C=C\CC)OC(=O)CCCCCCC/C=C\C/C=C\CCCCCC. The Balaban J connectivity index is 4.47. The van der Waals surface area contributed by atoms with Gasteiger partial charge in [0.15, 0.2) is 6.10 Å². The third kappa shape index (κ3) is 49.3. The van der Waals surface area contributed by atoms with Gasteiger partial charge in [0.25, 0.3) is 0 Å². The summed E-state index contributed by atoms with van der Waals surface area (Å²) < 4.78 is 16.8. The van der Waals surface area contributed by atoms with Crippen molar-refractivity contribution in [2.45, 2.75) is 239 Å². The minimum atomic E-state index is -0.802. The standard InChI is InChI=1S/C58H96O6/c1-4-7-10-13-16-19-22-25-27-29-31-33-36-39-42-45-48-51-57(60)63-54-55(53-62-56(59)50-47-44-41-38-35-32-24-21-18-15-12-9-6-3)64-58(61)52-49-46-43-40-37-34-30-28-26-23-20-17-14-11-8-5-2/h7,9-10,12,16,18-21,23,25,27-28,30,32,35,55H,4-6,8,11,13-15,17,22,24,26,29,31,33-34,36-54H2,1-3H3/b10-7-,12-9-,19-16-,21-18-,23-20-,27-25-,30-28-,35-32-. The van der Waals surface area contributed by atoms with Crippen molar-refractivity contribution in [1.29, 1.82) is 0 Å². The van der Waals surface area contributed by atoms with Crippen LogP contribution in [0.5, 0.6) is 0 Å². The van der Waals surface area contributed by atoms with Gasteiger partial charge in [0.2, 0.25) is 0 Å². The molecule has 1 atom stereocenters. The maximum atomic E-state index is 12.8. The Hall–Kier alpha value is -3.67. The van der Waals surface area contributed by atoms with Gasteiger partial charge < -0.3 is 14.2 Å². The van der Waals surface area contributed by atoms with E-state index in [1.165, 1.54) is 57.8 Å². The first-order valence-electron chi connectivity index (χ1n) is 26.2. The Labute approximate surface area is 394 Å². The molecule has 0 aromatic rings. The van der Waals surface area contributed by atoms with Crippen molar-refractivity contribution in [3.8, 4) is 0 Å². The zero-order valence-corrected chi connectivity index (χ0v) is 41.5. The highest BCUT2D eigenvalue weighted by molar-refractivity contribution is 5.71. The molecule has 6 heteroatoms. The van der Waals surface area contributed by atoms with Gasteiger partial charge in [-0.2, -0.15) is 0 Å². The minimum Gasteiger partial charge on any atom is -0.462 e. The lowest BCUT2D eigenvalue weighted by atomic mass is 10.1. The fourth-order valence-electron chi connectivity index (χ4n) is 6.91. The molecule has 1 unspecified atom stereocenters. The molecule has 0 radical (unpaired) electrons. The van der Waals surface area contributed by atoms with Gasteiger partial charge in [-0.3, -0.25) is 14.4 Å². The molecule has 0 bridgehead atoms. The highest BCUT2D eigenvalue weighted by atomic mass is 16.6. The Morgan fingerprint density at radius 1 is 0.328 bits per heavy atom. The maximum Gasteiger partial charge on any atom is 0.306 e. The van der Waals surface area contributed by atoms with Crippen LogP contribution in [0.4, 0.5) is 0 Å².